The highest BCUT2D eigenvalue weighted by atomic mass is 16.4. The number of carboxylic acids is 1. The van der Waals surface area contributed by atoms with Gasteiger partial charge in [-0.1, -0.05) is 99.2 Å². The molecule has 8 aromatic heterocycles. The van der Waals surface area contributed by atoms with E-state index in [0.29, 0.717) is 44.3 Å². The van der Waals surface area contributed by atoms with Crippen LogP contribution in [0.5, 0.6) is 0 Å². The van der Waals surface area contributed by atoms with Crippen molar-refractivity contribution in [3.63, 3.8) is 0 Å². The second kappa shape index (κ2) is 24.7. The summed E-state index contributed by atoms with van der Waals surface area (Å²) in [7, 11) is 3.67. The zero-order chi connectivity index (χ0) is 56.9. The van der Waals surface area contributed by atoms with Gasteiger partial charge in [0.1, 0.15) is 11.1 Å². The number of pyridine rings is 2. The summed E-state index contributed by atoms with van der Waals surface area (Å²) >= 11 is 0. The van der Waals surface area contributed by atoms with Crippen LogP contribution >= 0.6 is 0 Å². The molecule has 0 bridgehead atoms. The predicted octanol–water partition coefficient (Wildman–Crippen LogP) is 7.67. The largest absolute Gasteiger partial charge is 0.477 e. The van der Waals surface area contributed by atoms with Gasteiger partial charge in [-0.15, -0.1) is 10.2 Å². The highest BCUT2D eigenvalue weighted by Crippen LogP contribution is 2.26. The first-order valence-electron chi connectivity index (χ1n) is 25.1. The molecular formula is C62H58N16O5. The van der Waals surface area contributed by atoms with E-state index in [-0.39, 0.29) is 60.4 Å². The third-order valence-corrected chi connectivity index (χ3v) is 12.8. The molecule has 2 atom stereocenters. The molecular weight excluding hydrogens is 1050 g/mol. The first-order chi connectivity index (χ1) is 39.1. The number of carbonyl (C=O) groups excluding carboxylic acids is 1. The van der Waals surface area contributed by atoms with Gasteiger partial charge in [-0.25, -0.2) is 23.8 Å². The molecule has 12 aromatic rings. The Kier molecular flexibility index (Phi) is 17.2. The Morgan fingerprint density at radius 3 is 1.48 bits per heavy atom. The minimum absolute atomic E-state index is 0. The third-order valence-electron chi connectivity index (χ3n) is 12.8. The van der Waals surface area contributed by atoms with Gasteiger partial charge >= 0.3 is 5.97 Å². The van der Waals surface area contributed by atoms with Crippen molar-refractivity contribution < 1.29 is 14.7 Å². The second-order valence-corrected chi connectivity index (χ2v) is 18.5. The van der Waals surface area contributed by atoms with E-state index in [4.69, 9.17) is 22.3 Å². The fourth-order valence-corrected chi connectivity index (χ4v) is 9.14. The number of hydrogen-bond donors (Lipinski definition) is 5. The second-order valence-electron chi connectivity index (χ2n) is 18.5. The number of benzene rings is 4. The molecule has 8 N–H and O–H groups in total. The Bertz CT molecular complexity index is 4630. The standard InChI is InChI=1S/C30H24N8O2.C23H20N4O.C7H6N4O2.2CH4/c1-19(34-29(39)26-27(31)35-37-15-7-14-32-28(26)37)24-16-22-9-6-8-21(13-12-20-17-33-36(2)18-20)25(22)30(40)38(24)23-10-4-3-5-11-23;1-16(24)21-13-19-8-6-7-18(12-11-17-14-25-26(2)15-17)22(19)23(28)27(21)20-9-4-3-5-10-20;8-5-4(7(12)13)6-9-2-1-3-11(6)10-5;;/h3-11,14-19H,1-2H3,(H2,31,35)(H,34,39);3-10,13-16H,24H2,1-2H3;1-3H,(H2,8,10)(H,12,13);2*1H4/t19-;16-;;;/m00.../s1. The number of aromatic carboxylic acids is 1. The van der Waals surface area contributed by atoms with Crippen LogP contribution in [0.1, 0.15) is 95.1 Å². The first-order valence-corrected chi connectivity index (χ1v) is 25.1. The van der Waals surface area contributed by atoms with Crippen LogP contribution in [0, 0.1) is 23.7 Å². The number of nitrogens with two attached hydrogens (primary N) is 3. The first kappa shape index (κ1) is 57.7. The molecule has 8 heterocycles. The number of aryl methyl sites for hydroxylation is 2. The monoisotopic (exact) mass is 1110 g/mol. The summed E-state index contributed by atoms with van der Waals surface area (Å²) in [5.74, 6) is 11.0. The van der Waals surface area contributed by atoms with Crippen molar-refractivity contribution in [1.29, 1.82) is 0 Å². The normalized spacial score (nSPS) is 11.3. The Morgan fingerprint density at radius 1 is 0.590 bits per heavy atom. The quantitative estimate of drug-likeness (QED) is 0.0958. The van der Waals surface area contributed by atoms with E-state index in [1.807, 2.05) is 150 Å². The summed E-state index contributed by atoms with van der Waals surface area (Å²) in [6.45, 7) is 3.70. The van der Waals surface area contributed by atoms with Crippen LogP contribution in [0.4, 0.5) is 11.6 Å². The lowest BCUT2D eigenvalue weighted by atomic mass is 10.0. The number of aromatic nitrogens is 12. The molecule has 0 saturated heterocycles. The van der Waals surface area contributed by atoms with Crippen molar-refractivity contribution in [3.05, 3.63) is 236 Å². The summed E-state index contributed by atoms with van der Waals surface area (Å²) < 4.78 is 9.46. The van der Waals surface area contributed by atoms with Crippen molar-refractivity contribution >= 4 is 56.4 Å². The lowest BCUT2D eigenvalue weighted by Crippen LogP contribution is -2.32. The van der Waals surface area contributed by atoms with Crippen LogP contribution in [0.2, 0.25) is 0 Å². The van der Waals surface area contributed by atoms with Crippen LogP contribution in [-0.4, -0.2) is 74.9 Å². The van der Waals surface area contributed by atoms with Crippen LogP contribution < -0.4 is 33.6 Å². The van der Waals surface area contributed by atoms with Crippen molar-refractivity contribution in [2.45, 2.75) is 40.8 Å². The molecule has 0 unspecified atom stereocenters. The summed E-state index contributed by atoms with van der Waals surface area (Å²) in [6, 6.07) is 36.5. The maximum Gasteiger partial charge on any atom is 0.343 e. The molecule has 21 heteroatoms. The predicted molar refractivity (Wildman–Crippen MR) is 321 cm³/mol. The van der Waals surface area contributed by atoms with Gasteiger partial charge in [0.05, 0.1) is 40.3 Å². The minimum Gasteiger partial charge on any atom is -0.477 e. The summed E-state index contributed by atoms with van der Waals surface area (Å²) in [6.07, 6.45) is 13.4. The average Bonchev–Trinajstić information content (AvgIpc) is 3.96. The van der Waals surface area contributed by atoms with Crippen LogP contribution in [0.25, 0.3) is 44.2 Å². The van der Waals surface area contributed by atoms with Gasteiger partial charge in [-0.3, -0.25) is 32.9 Å². The Hall–Kier alpha value is -11.4. The van der Waals surface area contributed by atoms with Gasteiger partial charge in [0.15, 0.2) is 22.9 Å². The van der Waals surface area contributed by atoms with Crippen molar-refractivity contribution in [1.82, 2.24) is 63.2 Å². The molecule has 0 spiro atoms. The lowest BCUT2D eigenvalue weighted by Gasteiger charge is -2.21. The molecule has 0 radical (unpaired) electrons. The fourth-order valence-electron chi connectivity index (χ4n) is 9.14. The topological polar surface area (TPSA) is 284 Å². The van der Waals surface area contributed by atoms with Crippen LogP contribution in [0.3, 0.4) is 0 Å². The number of fused-ring (bicyclic) bond motifs is 4. The number of hydrogen-bond acceptors (Lipinski definition) is 13. The molecule has 21 nitrogen and oxygen atoms in total. The number of para-hydroxylation sites is 2. The van der Waals surface area contributed by atoms with E-state index in [0.717, 1.165) is 27.9 Å². The SMILES string of the molecule is C.C.C[C@H](N)c1cc2cccc(C#Cc3cnn(C)c3)c2c(=O)n1-c1ccccc1.C[C@H](NC(=O)c1c(N)nn2cccnc12)c1cc2cccc(C#Cc3cnn(C)c3)c2c(=O)n1-c1ccccc1.Nc1nn2cccnc2c1C(=O)O. The number of carbonyl (C=O) groups is 2. The van der Waals surface area contributed by atoms with Gasteiger partial charge in [0.2, 0.25) is 0 Å². The van der Waals surface area contributed by atoms with Crippen molar-refractivity contribution in [3.8, 4) is 35.1 Å². The van der Waals surface area contributed by atoms with E-state index in [9.17, 15) is 19.2 Å². The number of carboxylic acid groups (broad SMARTS) is 1. The Balaban J connectivity index is 0.000000181. The van der Waals surface area contributed by atoms with Crippen molar-refractivity contribution in [2.75, 3.05) is 11.5 Å². The Morgan fingerprint density at radius 2 is 1.04 bits per heavy atom. The van der Waals surface area contributed by atoms with E-state index in [1.165, 1.54) is 15.2 Å². The highest BCUT2D eigenvalue weighted by molar-refractivity contribution is 6.04. The zero-order valence-electron chi connectivity index (χ0n) is 44.0. The molecule has 1 amide bonds. The zero-order valence-corrected chi connectivity index (χ0v) is 44.0. The van der Waals surface area contributed by atoms with Crippen molar-refractivity contribution in [2.24, 2.45) is 19.8 Å². The summed E-state index contributed by atoms with van der Waals surface area (Å²) in [5, 5.41) is 30.6. The van der Waals surface area contributed by atoms with E-state index < -0.39 is 17.9 Å². The molecule has 0 saturated carbocycles. The van der Waals surface area contributed by atoms with E-state index in [2.05, 4.69) is 59.4 Å². The Labute approximate surface area is 475 Å². The van der Waals surface area contributed by atoms with Gasteiger partial charge in [0, 0.05) is 91.2 Å². The van der Waals surface area contributed by atoms with E-state index in [1.54, 1.807) is 61.6 Å². The molecule has 0 fully saturated rings. The molecule has 4 aromatic carbocycles. The average molecular weight is 1110 g/mol. The number of rotatable bonds is 7. The number of nitrogens with one attached hydrogen (secondary N) is 1. The van der Waals surface area contributed by atoms with Crippen LogP contribution in [-0.2, 0) is 14.1 Å². The minimum atomic E-state index is -1.12. The number of amides is 1. The molecule has 0 aliphatic heterocycles. The molecule has 0 aliphatic rings. The van der Waals surface area contributed by atoms with Crippen LogP contribution in [0.15, 0.2) is 180 Å². The van der Waals surface area contributed by atoms with Gasteiger partial charge in [-0.2, -0.15) is 10.2 Å². The number of nitrogen functional groups attached to an aromatic ring is 2. The molecule has 83 heavy (non-hydrogen) atoms. The molecule has 0 aliphatic carbocycles. The maximum atomic E-state index is 14.2. The molecule has 12 rings (SSSR count). The van der Waals surface area contributed by atoms with Gasteiger partial charge < -0.3 is 27.6 Å². The van der Waals surface area contributed by atoms with Gasteiger partial charge in [0.25, 0.3) is 17.0 Å². The molecule has 416 valence electrons. The van der Waals surface area contributed by atoms with E-state index >= 15 is 0 Å². The fraction of sp³-hybridized carbons (Fsp3) is 0.129. The maximum absolute atomic E-state index is 14.2. The summed E-state index contributed by atoms with van der Waals surface area (Å²) in [5.41, 5.74) is 23.7. The smallest absolute Gasteiger partial charge is 0.343 e. The highest BCUT2D eigenvalue weighted by Gasteiger charge is 2.24. The lowest BCUT2D eigenvalue weighted by molar-refractivity contribution is 0.0699. The number of nitrogens with zero attached hydrogens (tertiary/aromatic N) is 12. The third kappa shape index (κ3) is 12.0. The number of anilines is 2. The summed E-state index contributed by atoms with van der Waals surface area (Å²) in [4.78, 5) is 59.9. The van der Waals surface area contributed by atoms with Gasteiger partial charge in [-0.05, 0) is 85.3 Å².